The Bertz CT molecular complexity index is 957. The molecule has 3 rings (SSSR count). The molecule has 0 saturated carbocycles. The standard InChI is InChI=1S/C18H16N2OS/c1-3-7-16(21)19-18-20(12-4-2)15-11-10-13-8-5-6-9-14(13)17(15)22-18/h2,5-6,8-11H,3,7,12H2,1H3. The van der Waals surface area contributed by atoms with Crippen molar-refractivity contribution in [1.82, 2.24) is 4.57 Å². The van der Waals surface area contributed by atoms with Gasteiger partial charge in [-0.2, -0.15) is 4.99 Å². The van der Waals surface area contributed by atoms with Crippen molar-refractivity contribution >= 4 is 38.2 Å². The lowest BCUT2D eigenvalue weighted by molar-refractivity contribution is -0.118. The number of hydrogen-bond donors (Lipinski definition) is 0. The number of fused-ring (bicyclic) bond motifs is 3. The van der Waals surface area contributed by atoms with Gasteiger partial charge in [0.2, 0.25) is 5.91 Å². The van der Waals surface area contributed by atoms with E-state index in [0.29, 0.717) is 17.8 Å². The SMILES string of the molecule is C#CCn1c(=NC(=O)CCC)sc2c3ccccc3ccc21. The fraction of sp³-hybridized carbons (Fsp3) is 0.222. The summed E-state index contributed by atoms with van der Waals surface area (Å²) in [7, 11) is 0. The van der Waals surface area contributed by atoms with Crippen molar-refractivity contribution in [3.63, 3.8) is 0 Å². The molecule has 0 spiro atoms. The van der Waals surface area contributed by atoms with E-state index in [4.69, 9.17) is 6.42 Å². The molecule has 2 aromatic carbocycles. The van der Waals surface area contributed by atoms with Gasteiger partial charge in [-0.1, -0.05) is 54.5 Å². The van der Waals surface area contributed by atoms with E-state index in [1.165, 1.54) is 22.1 Å². The molecule has 0 atom stereocenters. The molecule has 0 saturated heterocycles. The van der Waals surface area contributed by atoms with Gasteiger partial charge in [-0.25, -0.2) is 0 Å². The minimum absolute atomic E-state index is 0.0934. The molecule has 0 unspecified atom stereocenters. The summed E-state index contributed by atoms with van der Waals surface area (Å²) >= 11 is 1.53. The van der Waals surface area contributed by atoms with Crippen LogP contribution in [0.25, 0.3) is 21.0 Å². The molecule has 1 heterocycles. The van der Waals surface area contributed by atoms with Gasteiger partial charge in [0.1, 0.15) is 0 Å². The largest absolute Gasteiger partial charge is 0.305 e. The van der Waals surface area contributed by atoms with Crippen LogP contribution in [-0.2, 0) is 11.3 Å². The zero-order chi connectivity index (χ0) is 15.5. The molecule has 3 aromatic rings. The van der Waals surface area contributed by atoms with Crippen molar-refractivity contribution in [3.05, 3.63) is 41.2 Å². The zero-order valence-corrected chi connectivity index (χ0v) is 13.2. The first-order chi connectivity index (χ1) is 10.7. The monoisotopic (exact) mass is 308 g/mol. The van der Waals surface area contributed by atoms with Crippen LogP contribution in [0.4, 0.5) is 0 Å². The first kappa shape index (κ1) is 14.6. The number of hydrogen-bond acceptors (Lipinski definition) is 2. The summed E-state index contributed by atoms with van der Waals surface area (Å²) in [6.07, 6.45) is 6.75. The maximum atomic E-state index is 11.9. The van der Waals surface area contributed by atoms with E-state index in [-0.39, 0.29) is 5.91 Å². The fourth-order valence-corrected chi connectivity index (χ4v) is 3.69. The Balaban J connectivity index is 2.32. The second-order valence-electron chi connectivity index (χ2n) is 5.07. The van der Waals surface area contributed by atoms with Crippen LogP contribution < -0.4 is 4.80 Å². The molecule has 0 bridgehead atoms. The Labute approximate surface area is 132 Å². The van der Waals surface area contributed by atoms with Gasteiger partial charge in [0.05, 0.1) is 16.8 Å². The highest BCUT2D eigenvalue weighted by Crippen LogP contribution is 2.27. The molecule has 0 aliphatic carbocycles. The minimum Gasteiger partial charge on any atom is -0.305 e. The third-order valence-corrected chi connectivity index (χ3v) is 4.63. The van der Waals surface area contributed by atoms with E-state index < -0.39 is 0 Å². The molecule has 22 heavy (non-hydrogen) atoms. The van der Waals surface area contributed by atoms with Crippen molar-refractivity contribution < 1.29 is 4.79 Å². The number of nitrogens with zero attached hydrogens (tertiary/aromatic N) is 2. The number of rotatable bonds is 3. The van der Waals surface area contributed by atoms with Crippen LogP contribution in [0.5, 0.6) is 0 Å². The average molecular weight is 308 g/mol. The number of carbonyl (C=O) groups excluding carboxylic acids is 1. The highest BCUT2D eigenvalue weighted by Gasteiger charge is 2.09. The molecule has 4 heteroatoms. The second-order valence-corrected chi connectivity index (χ2v) is 6.04. The third kappa shape index (κ3) is 2.56. The van der Waals surface area contributed by atoms with Gasteiger partial charge in [-0.3, -0.25) is 4.79 Å². The summed E-state index contributed by atoms with van der Waals surface area (Å²) in [5, 5.41) is 2.34. The van der Waals surface area contributed by atoms with Crippen molar-refractivity contribution in [2.24, 2.45) is 4.99 Å². The summed E-state index contributed by atoms with van der Waals surface area (Å²) in [6, 6.07) is 12.3. The average Bonchev–Trinajstić information content (AvgIpc) is 2.86. The van der Waals surface area contributed by atoms with Crippen molar-refractivity contribution in [3.8, 4) is 12.3 Å². The van der Waals surface area contributed by atoms with Crippen LogP contribution >= 0.6 is 11.3 Å². The molecule has 3 nitrogen and oxygen atoms in total. The lowest BCUT2D eigenvalue weighted by Gasteiger charge is -2.01. The molecule has 1 amide bonds. The van der Waals surface area contributed by atoms with Gasteiger partial charge in [-0.15, -0.1) is 6.42 Å². The minimum atomic E-state index is -0.0934. The molecule has 1 aromatic heterocycles. The summed E-state index contributed by atoms with van der Waals surface area (Å²) < 4.78 is 3.07. The second kappa shape index (κ2) is 6.17. The number of carbonyl (C=O) groups is 1. The summed E-state index contributed by atoms with van der Waals surface area (Å²) in [4.78, 5) is 16.8. The molecule has 0 fully saturated rings. The lowest BCUT2D eigenvalue weighted by atomic mass is 10.1. The summed E-state index contributed by atoms with van der Waals surface area (Å²) in [5.74, 6) is 2.56. The first-order valence-electron chi connectivity index (χ1n) is 7.26. The molecular formula is C18H16N2OS. The van der Waals surface area contributed by atoms with Crippen molar-refractivity contribution in [2.45, 2.75) is 26.3 Å². The maximum Gasteiger partial charge on any atom is 0.248 e. The van der Waals surface area contributed by atoms with Gasteiger partial charge in [0.15, 0.2) is 4.80 Å². The lowest BCUT2D eigenvalue weighted by Crippen LogP contribution is -2.16. The number of benzene rings is 2. The highest BCUT2D eigenvalue weighted by molar-refractivity contribution is 7.17. The van der Waals surface area contributed by atoms with E-state index in [0.717, 1.165) is 16.6 Å². The van der Waals surface area contributed by atoms with Crippen LogP contribution in [0.3, 0.4) is 0 Å². The third-order valence-electron chi connectivity index (χ3n) is 3.51. The normalized spacial score (nSPS) is 11.9. The Kier molecular flexibility index (Phi) is 4.08. The summed E-state index contributed by atoms with van der Waals surface area (Å²) in [6.45, 7) is 2.39. The van der Waals surface area contributed by atoms with Crippen LogP contribution in [0.15, 0.2) is 41.4 Å². The van der Waals surface area contributed by atoms with Crippen LogP contribution in [0.2, 0.25) is 0 Å². The van der Waals surface area contributed by atoms with E-state index in [1.807, 2.05) is 23.6 Å². The predicted molar refractivity (Wildman–Crippen MR) is 91.6 cm³/mol. The summed E-state index contributed by atoms with van der Waals surface area (Å²) in [5.41, 5.74) is 1.03. The number of thiazole rings is 1. The van der Waals surface area contributed by atoms with E-state index >= 15 is 0 Å². The quantitative estimate of drug-likeness (QED) is 0.679. The molecule has 0 aliphatic heterocycles. The number of terminal acetylenes is 1. The van der Waals surface area contributed by atoms with E-state index in [1.54, 1.807) is 0 Å². The molecular weight excluding hydrogens is 292 g/mol. The Morgan fingerprint density at radius 2 is 2.14 bits per heavy atom. The van der Waals surface area contributed by atoms with Crippen LogP contribution in [0, 0.1) is 12.3 Å². The zero-order valence-electron chi connectivity index (χ0n) is 12.4. The topological polar surface area (TPSA) is 34.4 Å². The molecule has 110 valence electrons. The van der Waals surface area contributed by atoms with E-state index in [2.05, 4.69) is 35.2 Å². The molecule has 0 aliphatic rings. The van der Waals surface area contributed by atoms with Gasteiger partial charge in [0, 0.05) is 11.8 Å². The van der Waals surface area contributed by atoms with Crippen LogP contribution in [0.1, 0.15) is 19.8 Å². The van der Waals surface area contributed by atoms with Crippen LogP contribution in [-0.4, -0.2) is 10.5 Å². The number of aromatic nitrogens is 1. The highest BCUT2D eigenvalue weighted by atomic mass is 32.1. The van der Waals surface area contributed by atoms with Crippen molar-refractivity contribution in [2.75, 3.05) is 0 Å². The van der Waals surface area contributed by atoms with Gasteiger partial charge in [-0.05, 0) is 17.9 Å². The Morgan fingerprint density at radius 3 is 2.91 bits per heavy atom. The fourth-order valence-electron chi connectivity index (χ4n) is 2.50. The van der Waals surface area contributed by atoms with E-state index in [9.17, 15) is 4.79 Å². The molecule has 0 N–H and O–H groups in total. The smallest absolute Gasteiger partial charge is 0.248 e. The Hall–Kier alpha value is -2.38. The van der Waals surface area contributed by atoms with Crippen molar-refractivity contribution in [1.29, 1.82) is 0 Å². The van der Waals surface area contributed by atoms with Gasteiger partial charge >= 0.3 is 0 Å². The predicted octanol–water partition coefficient (Wildman–Crippen LogP) is 3.72. The Morgan fingerprint density at radius 1 is 1.32 bits per heavy atom. The first-order valence-corrected chi connectivity index (χ1v) is 8.08. The molecule has 0 radical (unpaired) electrons. The number of amides is 1. The van der Waals surface area contributed by atoms with Gasteiger partial charge in [0.25, 0.3) is 0 Å². The van der Waals surface area contributed by atoms with Gasteiger partial charge < -0.3 is 4.57 Å². The maximum absolute atomic E-state index is 11.9.